The Hall–Kier alpha value is -0.0800. The fourth-order valence-corrected chi connectivity index (χ4v) is 3.87. The number of hydrogen-bond acceptors (Lipinski definition) is 2. The van der Waals surface area contributed by atoms with Crippen molar-refractivity contribution in [2.75, 3.05) is 33.2 Å². The van der Waals surface area contributed by atoms with E-state index in [4.69, 9.17) is 0 Å². The van der Waals surface area contributed by atoms with Crippen LogP contribution in [-0.4, -0.2) is 38.1 Å². The number of piperidine rings is 1. The molecule has 1 aliphatic heterocycles. The predicted molar refractivity (Wildman–Crippen MR) is 78.8 cm³/mol. The largest absolute Gasteiger partial charge is 0.316 e. The molecule has 0 aromatic rings. The molecule has 1 aliphatic carbocycles. The lowest BCUT2D eigenvalue weighted by molar-refractivity contribution is 0.204. The van der Waals surface area contributed by atoms with E-state index < -0.39 is 0 Å². The Morgan fingerprint density at radius 3 is 2.72 bits per heavy atom. The maximum absolute atomic E-state index is 3.71. The van der Waals surface area contributed by atoms with Gasteiger partial charge in [0.05, 0.1) is 0 Å². The number of nitrogens with zero attached hydrogens (tertiary/aromatic N) is 1. The second kappa shape index (κ2) is 7.49. The molecule has 1 heterocycles. The van der Waals surface area contributed by atoms with Gasteiger partial charge in [-0.2, -0.15) is 0 Å². The second-order valence-corrected chi connectivity index (χ2v) is 6.90. The molecule has 2 heteroatoms. The van der Waals surface area contributed by atoms with Gasteiger partial charge < -0.3 is 10.2 Å². The molecule has 0 spiro atoms. The van der Waals surface area contributed by atoms with Crippen LogP contribution in [0.15, 0.2) is 0 Å². The molecule has 1 saturated heterocycles. The minimum atomic E-state index is 0.897. The van der Waals surface area contributed by atoms with Crippen LogP contribution in [0.4, 0.5) is 0 Å². The standard InChI is InChI=1S/C16H32N2/c1-14-5-3-6-15(11-14)8-9-17-12-16-7-4-10-18(2)13-16/h14-17H,3-13H2,1-2H3. The van der Waals surface area contributed by atoms with Gasteiger partial charge in [0.15, 0.2) is 0 Å². The zero-order chi connectivity index (χ0) is 12.8. The first-order valence-electron chi connectivity index (χ1n) is 8.13. The molecule has 0 aromatic heterocycles. The van der Waals surface area contributed by atoms with Crippen molar-refractivity contribution in [1.82, 2.24) is 10.2 Å². The quantitative estimate of drug-likeness (QED) is 0.756. The summed E-state index contributed by atoms with van der Waals surface area (Å²) in [6.45, 7) is 7.52. The van der Waals surface area contributed by atoms with Crippen LogP contribution in [0.25, 0.3) is 0 Å². The second-order valence-electron chi connectivity index (χ2n) is 6.90. The molecule has 2 rings (SSSR count). The lowest BCUT2D eigenvalue weighted by Crippen LogP contribution is -2.37. The van der Waals surface area contributed by atoms with E-state index in [1.165, 1.54) is 71.1 Å². The van der Waals surface area contributed by atoms with E-state index in [0.29, 0.717) is 0 Å². The lowest BCUT2D eigenvalue weighted by Gasteiger charge is -2.30. The van der Waals surface area contributed by atoms with Gasteiger partial charge in [-0.25, -0.2) is 0 Å². The molecule has 0 radical (unpaired) electrons. The fourth-order valence-electron chi connectivity index (χ4n) is 3.87. The first kappa shape index (κ1) is 14.3. The molecule has 2 fully saturated rings. The molecule has 0 amide bonds. The van der Waals surface area contributed by atoms with Gasteiger partial charge in [0.1, 0.15) is 0 Å². The summed E-state index contributed by atoms with van der Waals surface area (Å²) in [6, 6.07) is 0. The highest BCUT2D eigenvalue weighted by atomic mass is 15.1. The predicted octanol–water partition coefficient (Wildman–Crippen LogP) is 3.13. The first-order valence-corrected chi connectivity index (χ1v) is 8.13. The van der Waals surface area contributed by atoms with E-state index in [1.807, 2.05) is 0 Å². The van der Waals surface area contributed by atoms with Crippen LogP contribution in [0.3, 0.4) is 0 Å². The summed E-state index contributed by atoms with van der Waals surface area (Å²) in [5.41, 5.74) is 0. The molecular formula is C16H32N2. The van der Waals surface area contributed by atoms with E-state index in [-0.39, 0.29) is 0 Å². The van der Waals surface area contributed by atoms with Gasteiger partial charge in [-0.1, -0.05) is 26.2 Å². The molecule has 2 aliphatic rings. The van der Waals surface area contributed by atoms with E-state index in [9.17, 15) is 0 Å². The van der Waals surface area contributed by atoms with Crippen molar-refractivity contribution in [3.05, 3.63) is 0 Å². The minimum Gasteiger partial charge on any atom is -0.316 e. The Balaban J connectivity index is 1.52. The van der Waals surface area contributed by atoms with Gasteiger partial charge in [0.2, 0.25) is 0 Å². The van der Waals surface area contributed by atoms with Gasteiger partial charge in [-0.3, -0.25) is 0 Å². The maximum Gasteiger partial charge on any atom is 0.00187 e. The van der Waals surface area contributed by atoms with Crippen LogP contribution in [0.1, 0.15) is 51.9 Å². The van der Waals surface area contributed by atoms with Crippen LogP contribution in [0, 0.1) is 17.8 Å². The number of hydrogen-bond donors (Lipinski definition) is 1. The Labute approximate surface area is 114 Å². The van der Waals surface area contributed by atoms with Gasteiger partial charge in [-0.15, -0.1) is 0 Å². The molecule has 1 saturated carbocycles. The molecule has 0 bridgehead atoms. The van der Waals surface area contributed by atoms with Crippen molar-refractivity contribution in [3.8, 4) is 0 Å². The summed E-state index contributed by atoms with van der Waals surface area (Å²) in [6.07, 6.45) is 10.1. The Kier molecular flexibility index (Phi) is 5.97. The van der Waals surface area contributed by atoms with E-state index in [2.05, 4.69) is 24.2 Å². The van der Waals surface area contributed by atoms with Crippen LogP contribution >= 0.6 is 0 Å². The third-order valence-corrected chi connectivity index (χ3v) is 4.93. The number of likely N-dealkylation sites (tertiary alicyclic amines) is 1. The summed E-state index contributed by atoms with van der Waals surface area (Å²) in [5, 5.41) is 3.71. The lowest BCUT2D eigenvalue weighted by atomic mass is 9.81. The fraction of sp³-hybridized carbons (Fsp3) is 1.00. The van der Waals surface area contributed by atoms with E-state index in [1.54, 1.807) is 0 Å². The van der Waals surface area contributed by atoms with Gasteiger partial charge in [0.25, 0.3) is 0 Å². The average molecular weight is 252 g/mol. The van der Waals surface area contributed by atoms with Gasteiger partial charge in [-0.05, 0) is 70.1 Å². The monoisotopic (exact) mass is 252 g/mol. The molecular weight excluding hydrogens is 220 g/mol. The topological polar surface area (TPSA) is 15.3 Å². The summed E-state index contributed by atoms with van der Waals surface area (Å²) in [7, 11) is 2.26. The molecule has 2 nitrogen and oxygen atoms in total. The maximum atomic E-state index is 3.71. The zero-order valence-corrected chi connectivity index (χ0v) is 12.5. The van der Waals surface area contributed by atoms with Gasteiger partial charge in [0, 0.05) is 6.54 Å². The van der Waals surface area contributed by atoms with Crippen molar-refractivity contribution >= 4 is 0 Å². The van der Waals surface area contributed by atoms with E-state index >= 15 is 0 Å². The summed E-state index contributed by atoms with van der Waals surface area (Å²) in [4.78, 5) is 2.48. The van der Waals surface area contributed by atoms with Crippen LogP contribution in [-0.2, 0) is 0 Å². The molecule has 106 valence electrons. The molecule has 1 N–H and O–H groups in total. The first-order chi connectivity index (χ1) is 8.74. The SMILES string of the molecule is CC1CCCC(CCNCC2CCCN(C)C2)C1. The zero-order valence-electron chi connectivity index (χ0n) is 12.5. The highest BCUT2D eigenvalue weighted by molar-refractivity contribution is 4.74. The van der Waals surface area contributed by atoms with Crippen molar-refractivity contribution in [3.63, 3.8) is 0 Å². The Morgan fingerprint density at radius 1 is 1.11 bits per heavy atom. The van der Waals surface area contributed by atoms with Crippen LogP contribution in [0.5, 0.6) is 0 Å². The van der Waals surface area contributed by atoms with Crippen LogP contribution < -0.4 is 5.32 Å². The van der Waals surface area contributed by atoms with E-state index in [0.717, 1.165) is 17.8 Å². The Bertz CT molecular complexity index is 205. The molecule has 18 heavy (non-hydrogen) atoms. The third kappa shape index (κ3) is 4.89. The summed E-state index contributed by atoms with van der Waals surface area (Å²) in [5.74, 6) is 2.89. The molecule has 3 atom stereocenters. The van der Waals surface area contributed by atoms with Crippen molar-refractivity contribution < 1.29 is 0 Å². The number of nitrogens with one attached hydrogen (secondary N) is 1. The highest BCUT2D eigenvalue weighted by Crippen LogP contribution is 2.30. The third-order valence-electron chi connectivity index (χ3n) is 4.93. The van der Waals surface area contributed by atoms with Gasteiger partial charge >= 0.3 is 0 Å². The molecule has 3 unspecified atom stereocenters. The summed E-state index contributed by atoms with van der Waals surface area (Å²) < 4.78 is 0. The summed E-state index contributed by atoms with van der Waals surface area (Å²) >= 11 is 0. The normalized spacial score (nSPS) is 34.7. The minimum absolute atomic E-state index is 0.897. The number of rotatable bonds is 5. The van der Waals surface area contributed by atoms with Crippen LogP contribution in [0.2, 0.25) is 0 Å². The molecule has 0 aromatic carbocycles. The highest BCUT2D eigenvalue weighted by Gasteiger charge is 2.19. The average Bonchev–Trinajstić information content (AvgIpc) is 2.35. The van der Waals surface area contributed by atoms with Crippen molar-refractivity contribution in [2.24, 2.45) is 17.8 Å². The smallest absolute Gasteiger partial charge is 0.00187 e. The van der Waals surface area contributed by atoms with Crippen molar-refractivity contribution in [1.29, 1.82) is 0 Å². The Morgan fingerprint density at radius 2 is 1.94 bits per heavy atom. The van der Waals surface area contributed by atoms with Crippen molar-refractivity contribution in [2.45, 2.75) is 51.9 Å².